The number of nitrogens with zero attached hydrogens (tertiary/aromatic N) is 1. The second kappa shape index (κ2) is 8.54. The van der Waals surface area contributed by atoms with Gasteiger partial charge in [-0.1, -0.05) is 66.7 Å². The number of hydrogen-bond donors (Lipinski definition) is 1. The quantitative estimate of drug-likeness (QED) is 0.604. The first kappa shape index (κ1) is 18.7. The molecule has 0 spiro atoms. The van der Waals surface area contributed by atoms with Crippen molar-refractivity contribution in [3.63, 3.8) is 0 Å². The van der Waals surface area contributed by atoms with Crippen molar-refractivity contribution < 1.29 is 14.3 Å². The molecular weight excluding hydrogens is 340 g/mol. The Morgan fingerprint density at radius 2 is 1.74 bits per heavy atom. The van der Waals surface area contributed by atoms with Crippen molar-refractivity contribution in [1.29, 1.82) is 0 Å². The van der Waals surface area contributed by atoms with E-state index in [0.717, 1.165) is 11.1 Å². The van der Waals surface area contributed by atoms with Gasteiger partial charge in [-0.3, -0.25) is 4.79 Å². The highest BCUT2D eigenvalue weighted by Crippen LogP contribution is 2.32. The Balaban J connectivity index is 1.53. The molecular formula is C22H24N2O3. The van der Waals surface area contributed by atoms with Gasteiger partial charge in [0.2, 0.25) is 5.91 Å². The summed E-state index contributed by atoms with van der Waals surface area (Å²) in [5.74, 6) is -0.310. The van der Waals surface area contributed by atoms with Crippen LogP contribution < -0.4 is 5.32 Å². The van der Waals surface area contributed by atoms with Gasteiger partial charge in [0, 0.05) is 12.6 Å². The second-order valence-corrected chi connectivity index (χ2v) is 6.70. The molecule has 1 fully saturated rings. The number of likely N-dealkylation sites (tertiary alicyclic amines) is 1. The maximum Gasteiger partial charge on any atom is 0.407 e. The van der Waals surface area contributed by atoms with Crippen LogP contribution in [0.2, 0.25) is 0 Å². The van der Waals surface area contributed by atoms with Gasteiger partial charge in [0.25, 0.3) is 0 Å². The van der Waals surface area contributed by atoms with E-state index >= 15 is 0 Å². The number of amides is 2. The maximum absolute atomic E-state index is 12.6. The Morgan fingerprint density at radius 1 is 1.15 bits per heavy atom. The molecule has 140 valence electrons. The van der Waals surface area contributed by atoms with E-state index < -0.39 is 6.09 Å². The average Bonchev–Trinajstić information content (AvgIpc) is 2.69. The van der Waals surface area contributed by atoms with E-state index in [-0.39, 0.29) is 30.5 Å². The molecule has 3 rings (SSSR count). The predicted molar refractivity (Wildman–Crippen MR) is 104 cm³/mol. The van der Waals surface area contributed by atoms with Gasteiger partial charge >= 0.3 is 6.09 Å². The number of carbonyl (C=O) groups excluding carboxylic acids is 2. The van der Waals surface area contributed by atoms with Crippen LogP contribution in [0.15, 0.2) is 73.3 Å². The van der Waals surface area contributed by atoms with Crippen LogP contribution in [-0.4, -0.2) is 29.0 Å². The minimum atomic E-state index is -0.525. The SMILES string of the molecule is C=C[C@H]1[C@H]([C@H](C)NC(=O)OCc2ccccc2)C(=O)N1Cc1ccccc1. The lowest BCUT2D eigenvalue weighted by Gasteiger charge is -2.48. The zero-order valence-electron chi connectivity index (χ0n) is 15.4. The molecule has 0 unspecified atom stereocenters. The number of nitrogens with one attached hydrogen (secondary N) is 1. The molecule has 0 radical (unpaired) electrons. The fourth-order valence-electron chi connectivity index (χ4n) is 3.38. The summed E-state index contributed by atoms with van der Waals surface area (Å²) in [7, 11) is 0. The number of alkyl carbamates (subject to hydrolysis) is 1. The number of rotatable bonds is 7. The van der Waals surface area contributed by atoms with Gasteiger partial charge in [-0.05, 0) is 18.1 Å². The third-order valence-electron chi connectivity index (χ3n) is 4.83. The lowest BCUT2D eigenvalue weighted by atomic mass is 9.81. The van der Waals surface area contributed by atoms with Gasteiger partial charge in [-0.15, -0.1) is 6.58 Å². The first-order valence-corrected chi connectivity index (χ1v) is 9.04. The average molecular weight is 364 g/mol. The summed E-state index contributed by atoms with van der Waals surface area (Å²) < 4.78 is 5.24. The molecule has 0 aromatic heterocycles. The number of ether oxygens (including phenoxy) is 1. The van der Waals surface area contributed by atoms with Gasteiger partial charge in [0.1, 0.15) is 6.61 Å². The Hall–Kier alpha value is -3.08. The minimum Gasteiger partial charge on any atom is -0.445 e. The molecule has 1 saturated heterocycles. The predicted octanol–water partition coefficient (Wildman–Crippen LogP) is 3.51. The third kappa shape index (κ3) is 4.37. The Bertz CT molecular complexity index is 792. The summed E-state index contributed by atoms with van der Waals surface area (Å²) in [6, 6.07) is 18.9. The van der Waals surface area contributed by atoms with Crippen molar-refractivity contribution in [3.05, 3.63) is 84.4 Å². The highest BCUT2D eigenvalue weighted by atomic mass is 16.5. The van der Waals surface area contributed by atoms with Crippen LogP contribution >= 0.6 is 0 Å². The molecule has 2 aromatic rings. The number of carbonyl (C=O) groups is 2. The molecule has 5 nitrogen and oxygen atoms in total. The van der Waals surface area contributed by atoms with E-state index in [9.17, 15) is 9.59 Å². The monoisotopic (exact) mass is 364 g/mol. The van der Waals surface area contributed by atoms with E-state index in [1.165, 1.54) is 0 Å². The Labute approximate surface area is 159 Å². The van der Waals surface area contributed by atoms with Crippen molar-refractivity contribution in [2.75, 3.05) is 0 Å². The van der Waals surface area contributed by atoms with Crippen LogP contribution in [0.25, 0.3) is 0 Å². The van der Waals surface area contributed by atoms with Crippen molar-refractivity contribution in [2.24, 2.45) is 5.92 Å². The van der Waals surface area contributed by atoms with Crippen LogP contribution in [0.4, 0.5) is 4.79 Å². The van der Waals surface area contributed by atoms with Gasteiger partial charge in [-0.25, -0.2) is 4.79 Å². The first-order valence-electron chi connectivity index (χ1n) is 9.04. The smallest absolute Gasteiger partial charge is 0.407 e. The molecule has 27 heavy (non-hydrogen) atoms. The lowest BCUT2D eigenvalue weighted by Crippen LogP contribution is -2.65. The van der Waals surface area contributed by atoms with Crippen LogP contribution in [0.1, 0.15) is 18.1 Å². The Morgan fingerprint density at radius 3 is 2.33 bits per heavy atom. The Kier molecular flexibility index (Phi) is 5.91. The molecule has 1 N–H and O–H groups in total. The van der Waals surface area contributed by atoms with E-state index in [4.69, 9.17) is 4.74 Å². The second-order valence-electron chi connectivity index (χ2n) is 6.70. The lowest BCUT2D eigenvalue weighted by molar-refractivity contribution is -0.155. The van der Waals surface area contributed by atoms with Crippen LogP contribution in [0, 0.1) is 5.92 Å². The molecule has 0 aliphatic carbocycles. The van der Waals surface area contributed by atoms with Gasteiger partial charge in [0.15, 0.2) is 0 Å². The maximum atomic E-state index is 12.6. The third-order valence-corrected chi connectivity index (χ3v) is 4.83. The van der Waals surface area contributed by atoms with Crippen molar-refractivity contribution in [1.82, 2.24) is 10.2 Å². The molecule has 1 aliphatic heterocycles. The summed E-state index contributed by atoms with van der Waals surface area (Å²) in [4.78, 5) is 26.5. The van der Waals surface area contributed by atoms with Gasteiger partial charge in [0.05, 0.1) is 12.0 Å². The summed E-state index contributed by atoms with van der Waals surface area (Å²) in [5, 5.41) is 2.77. The molecule has 0 saturated carbocycles. The number of β-lactam (4-membered cyclic amide) rings is 1. The van der Waals surface area contributed by atoms with E-state index in [1.807, 2.05) is 67.6 Å². The number of hydrogen-bond acceptors (Lipinski definition) is 3. The van der Waals surface area contributed by atoms with Crippen molar-refractivity contribution in [2.45, 2.75) is 32.2 Å². The summed E-state index contributed by atoms with van der Waals surface area (Å²) >= 11 is 0. The van der Waals surface area contributed by atoms with E-state index in [1.54, 1.807) is 11.0 Å². The van der Waals surface area contributed by atoms with Gasteiger partial charge < -0.3 is 15.0 Å². The minimum absolute atomic E-state index is 0.0135. The van der Waals surface area contributed by atoms with Crippen LogP contribution in [0.5, 0.6) is 0 Å². The standard InChI is InChI=1S/C22H24N2O3/c1-3-19-20(21(25)24(19)14-17-10-6-4-7-11-17)16(2)23-22(26)27-15-18-12-8-5-9-13-18/h3-13,16,19-20H,1,14-15H2,2H3,(H,23,26)/t16-,19-,20-/m0/s1. The molecule has 2 amide bonds. The summed E-state index contributed by atoms with van der Waals surface area (Å²) in [6.45, 7) is 6.42. The van der Waals surface area contributed by atoms with Gasteiger partial charge in [-0.2, -0.15) is 0 Å². The highest BCUT2D eigenvalue weighted by molar-refractivity contribution is 5.88. The van der Waals surface area contributed by atoms with Crippen molar-refractivity contribution >= 4 is 12.0 Å². The van der Waals surface area contributed by atoms with Crippen LogP contribution in [0.3, 0.4) is 0 Å². The van der Waals surface area contributed by atoms with E-state index in [0.29, 0.717) is 6.54 Å². The van der Waals surface area contributed by atoms with E-state index in [2.05, 4.69) is 11.9 Å². The highest BCUT2D eigenvalue weighted by Gasteiger charge is 2.48. The number of benzene rings is 2. The topological polar surface area (TPSA) is 58.6 Å². The molecule has 1 aliphatic rings. The summed E-state index contributed by atoms with van der Waals surface area (Å²) in [5.41, 5.74) is 1.98. The largest absolute Gasteiger partial charge is 0.445 e. The zero-order chi connectivity index (χ0) is 19.2. The first-order chi connectivity index (χ1) is 13.1. The summed E-state index contributed by atoms with van der Waals surface area (Å²) in [6.07, 6.45) is 1.24. The molecule has 2 aromatic carbocycles. The van der Waals surface area contributed by atoms with Crippen LogP contribution in [-0.2, 0) is 22.7 Å². The fraction of sp³-hybridized carbons (Fsp3) is 0.273. The molecule has 5 heteroatoms. The van der Waals surface area contributed by atoms with Crippen molar-refractivity contribution in [3.8, 4) is 0 Å². The molecule has 0 bridgehead atoms. The normalized spacial score (nSPS) is 19.7. The zero-order valence-corrected chi connectivity index (χ0v) is 15.4. The molecule has 1 heterocycles. The molecule has 3 atom stereocenters. The fourth-order valence-corrected chi connectivity index (χ4v) is 3.38.